The van der Waals surface area contributed by atoms with E-state index in [4.69, 9.17) is 10.5 Å². The first-order valence-corrected chi connectivity index (χ1v) is 4.51. The SMILES string of the molecule is COC(=O)CC12COCC(N)(C1)C2. The smallest absolute Gasteiger partial charge is 0.306 e. The van der Waals surface area contributed by atoms with E-state index < -0.39 is 0 Å². The van der Waals surface area contributed by atoms with Crippen LogP contribution in [0.1, 0.15) is 19.3 Å². The highest BCUT2D eigenvalue weighted by atomic mass is 16.5. The maximum absolute atomic E-state index is 11.1. The summed E-state index contributed by atoms with van der Waals surface area (Å²) in [4.78, 5) is 11.1. The lowest BCUT2D eigenvalue weighted by molar-refractivity contribution is -0.170. The third-order valence-corrected chi connectivity index (χ3v) is 3.00. The number of ether oxygens (including phenoxy) is 2. The van der Waals surface area contributed by atoms with E-state index in [1.807, 2.05) is 0 Å². The summed E-state index contributed by atoms with van der Waals surface area (Å²) < 4.78 is 9.99. The van der Waals surface area contributed by atoms with Gasteiger partial charge in [0.05, 0.1) is 26.7 Å². The lowest BCUT2D eigenvalue weighted by Gasteiger charge is -2.58. The van der Waals surface area contributed by atoms with Gasteiger partial charge >= 0.3 is 5.97 Å². The van der Waals surface area contributed by atoms with Gasteiger partial charge in [-0.2, -0.15) is 0 Å². The van der Waals surface area contributed by atoms with Crippen LogP contribution in [0.3, 0.4) is 0 Å². The second-order valence-electron chi connectivity index (χ2n) is 4.46. The quantitative estimate of drug-likeness (QED) is 0.618. The number of rotatable bonds is 2. The van der Waals surface area contributed by atoms with Crippen molar-refractivity contribution in [2.75, 3.05) is 20.3 Å². The van der Waals surface area contributed by atoms with Crippen molar-refractivity contribution in [1.29, 1.82) is 0 Å². The summed E-state index contributed by atoms with van der Waals surface area (Å²) in [5, 5.41) is 0. The maximum atomic E-state index is 11.1. The zero-order valence-electron chi connectivity index (χ0n) is 7.84. The minimum absolute atomic E-state index is 0.0138. The highest BCUT2D eigenvalue weighted by molar-refractivity contribution is 5.70. The van der Waals surface area contributed by atoms with Crippen LogP contribution in [0, 0.1) is 5.41 Å². The number of fused-ring (bicyclic) bond motifs is 2. The Hall–Kier alpha value is -0.610. The molecule has 2 N–H and O–H groups in total. The molecule has 2 saturated heterocycles. The molecule has 0 amide bonds. The zero-order valence-corrected chi connectivity index (χ0v) is 7.84. The largest absolute Gasteiger partial charge is 0.469 e. The molecule has 0 atom stereocenters. The van der Waals surface area contributed by atoms with E-state index in [0.29, 0.717) is 19.6 Å². The Morgan fingerprint density at radius 1 is 1.54 bits per heavy atom. The van der Waals surface area contributed by atoms with Crippen LogP contribution in [0.5, 0.6) is 0 Å². The molecule has 2 bridgehead atoms. The molecule has 3 rings (SSSR count). The van der Waals surface area contributed by atoms with Crippen LogP contribution in [0.25, 0.3) is 0 Å². The Bertz CT molecular complexity index is 233. The lowest BCUT2D eigenvalue weighted by Crippen LogP contribution is -2.66. The zero-order chi connectivity index (χ0) is 9.53. The van der Waals surface area contributed by atoms with E-state index in [2.05, 4.69) is 4.74 Å². The highest BCUT2D eigenvalue weighted by Gasteiger charge is 2.57. The van der Waals surface area contributed by atoms with Gasteiger partial charge in [0.1, 0.15) is 0 Å². The fourth-order valence-corrected chi connectivity index (χ4v) is 2.67. The van der Waals surface area contributed by atoms with Gasteiger partial charge in [-0.3, -0.25) is 4.79 Å². The first kappa shape index (κ1) is 8.97. The standard InChI is InChI=1S/C9H15NO3/c1-12-7(11)2-8-3-9(10,4-8)6-13-5-8/h2-6,10H2,1H3. The fraction of sp³-hybridized carbons (Fsp3) is 0.889. The van der Waals surface area contributed by atoms with E-state index in [-0.39, 0.29) is 16.9 Å². The molecule has 0 unspecified atom stereocenters. The van der Waals surface area contributed by atoms with Gasteiger partial charge in [0.25, 0.3) is 0 Å². The fourth-order valence-electron chi connectivity index (χ4n) is 2.67. The second-order valence-corrected chi connectivity index (χ2v) is 4.46. The average Bonchev–Trinajstić information content (AvgIpc) is 2.01. The molecule has 1 aliphatic carbocycles. The number of nitrogens with two attached hydrogens (primary N) is 1. The number of carbonyl (C=O) groups is 1. The molecule has 1 saturated carbocycles. The summed E-state index contributed by atoms with van der Waals surface area (Å²) in [6.07, 6.45) is 2.24. The Kier molecular flexibility index (Phi) is 1.85. The van der Waals surface area contributed by atoms with Gasteiger partial charge in [-0.05, 0) is 12.8 Å². The molecule has 0 aromatic rings. The maximum Gasteiger partial charge on any atom is 0.306 e. The molecular weight excluding hydrogens is 170 g/mol. The van der Waals surface area contributed by atoms with E-state index in [9.17, 15) is 4.79 Å². The van der Waals surface area contributed by atoms with E-state index >= 15 is 0 Å². The Morgan fingerprint density at radius 3 is 2.77 bits per heavy atom. The molecule has 74 valence electrons. The average molecular weight is 185 g/mol. The van der Waals surface area contributed by atoms with Crippen molar-refractivity contribution in [2.45, 2.75) is 24.8 Å². The summed E-state index contributed by atoms with van der Waals surface area (Å²) in [5.41, 5.74) is 5.79. The van der Waals surface area contributed by atoms with Crippen LogP contribution in [-0.4, -0.2) is 31.8 Å². The van der Waals surface area contributed by atoms with Gasteiger partial charge in [-0.1, -0.05) is 0 Å². The van der Waals surface area contributed by atoms with Gasteiger partial charge in [0.2, 0.25) is 0 Å². The van der Waals surface area contributed by atoms with Crippen LogP contribution >= 0.6 is 0 Å². The number of carbonyl (C=O) groups excluding carboxylic acids is 1. The summed E-state index contributed by atoms with van der Waals surface area (Å²) in [6, 6.07) is 0. The molecule has 0 aromatic carbocycles. The summed E-state index contributed by atoms with van der Waals surface area (Å²) in [6.45, 7) is 1.29. The summed E-state index contributed by atoms with van der Waals surface area (Å²) in [7, 11) is 1.41. The number of methoxy groups -OCH3 is 1. The summed E-state index contributed by atoms with van der Waals surface area (Å²) >= 11 is 0. The Balaban J connectivity index is 1.96. The molecule has 0 radical (unpaired) electrons. The van der Waals surface area contributed by atoms with Gasteiger partial charge in [0.15, 0.2) is 0 Å². The molecular formula is C9H15NO3. The molecule has 2 aliphatic heterocycles. The van der Waals surface area contributed by atoms with E-state index in [0.717, 1.165) is 12.8 Å². The second kappa shape index (κ2) is 2.69. The number of hydrogen-bond donors (Lipinski definition) is 1. The van der Waals surface area contributed by atoms with Crippen LogP contribution in [-0.2, 0) is 14.3 Å². The van der Waals surface area contributed by atoms with Gasteiger partial charge < -0.3 is 15.2 Å². The topological polar surface area (TPSA) is 61.5 Å². The van der Waals surface area contributed by atoms with Crippen molar-refractivity contribution in [2.24, 2.45) is 11.1 Å². The molecule has 2 heterocycles. The number of hydrogen-bond acceptors (Lipinski definition) is 4. The van der Waals surface area contributed by atoms with E-state index in [1.165, 1.54) is 7.11 Å². The third-order valence-electron chi connectivity index (χ3n) is 3.00. The molecule has 0 aromatic heterocycles. The van der Waals surface area contributed by atoms with Crippen LogP contribution < -0.4 is 5.73 Å². The van der Waals surface area contributed by atoms with Crippen LogP contribution in [0.4, 0.5) is 0 Å². The van der Waals surface area contributed by atoms with Crippen molar-refractivity contribution in [3.8, 4) is 0 Å². The molecule has 4 heteroatoms. The Labute approximate surface area is 77.4 Å². The van der Waals surface area contributed by atoms with Crippen LogP contribution in [0.15, 0.2) is 0 Å². The normalized spacial score (nSPS) is 42.3. The predicted octanol–water partition coefficient (Wildman–Crippen LogP) is 0.0574. The minimum Gasteiger partial charge on any atom is -0.469 e. The monoisotopic (exact) mass is 185 g/mol. The molecule has 0 spiro atoms. The predicted molar refractivity (Wildman–Crippen MR) is 46.0 cm³/mol. The van der Waals surface area contributed by atoms with Gasteiger partial charge in [-0.15, -0.1) is 0 Å². The van der Waals surface area contributed by atoms with Crippen molar-refractivity contribution >= 4 is 5.97 Å². The van der Waals surface area contributed by atoms with Gasteiger partial charge in [0, 0.05) is 11.0 Å². The van der Waals surface area contributed by atoms with Crippen LogP contribution in [0.2, 0.25) is 0 Å². The third kappa shape index (κ3) is 1.44. The molecule has 3 fully saturated rings. The van der Waals surface area contributed by atoms with Gasteiger partial charge in [-0.25, -0.2) is 0 Å². The first-order valence-electron chi connectivity index (χ1n) is 4.51. The van der Waals surface area contributed by atoms with Crippen molar-refractivity contribution in [3.63, 3.8) is 0 Å². The van der Waals surface area contributed by atoms with Crippen molar-refractivity contribution < 1.29 is 14.3 Å². The van der Waals surface area contributed by atoms with Crippen molar-refractivity contribution in [3.05, 3.63) is 0 Å². The molecule has 13 heavy (non-hydrogen) atoms. The number of esters is 1. The first-order chi connectivity index (χ1) is 6.08. The van der Waals surface area contributed by atoms with Crippen molar-refractivity contribution in [1.82, 2.24) is 0 Å². The Morgan fingerprint density at radius 2 is 2.23 bits per heavy atom. The lowest BCUT2D eigenvalue weighted by atomic mass is 9.55. The minimum atomic E-state index is -0.160. The molecule has 4 nitrogen and oxygen atoms in total. The highest BCUT2D eigenvalue weighted by Crippen LogP contribution is 2.53. The van der Waals surface area contributed by atoms with E-state index in [1.54, 1.807) is 0 Å². The molecule has 3 aliphatic rings. The summed E-state index contributed by atoms with van der Waals surface area (Å²) in [5.74, 6) is -0.160.